The van der Waals surface area contributed by atoms with Crippen molar-refractivity contribution >= 4 is 35.2 Å². The molecule has 1 atom stereocenters. The van der Waals surface area contributed by atoms with Gasteiger partial charge in [0.05, 0.1) is 12.0 Å². The van der Waals surface area contributed by atoms with Crippen LogP contribution in [-0.4, -0.2) is 45.5 Å². The Morgan fingerprint density at radius 3 is 2.59 bits per heavy atom. The maximum atomic E-state index is 13.3. The van der Waals surface area contributed by atoms with Gasteiger partial charge >= 0.3 is 6.03 Å². The summed E-state index contributed by atoms with van der Waals surface area (Å²) in [7, 11) is 0. The summed E-state index contributed by atoms with van der Waals surface area (Å²) in [5.41, 5.74) is 0.688. The number of carbonyl (C=O) groups is 3. The number of urea groups is 1. The van der Waals surface area contributed by atoms with Gasteiger partial charge in [0.2, 0.25) is 0 Å². The van der Waals surface area contributed by atoms with Crippen LogP contribution in [0.5, 0.6) is 0 Å². The molecule has 3 heterocycles. The van der Waals surface area contributed by atoms with Crippen LogP contribution in [-0.2, 0) is 9.59 Å². The molecule has 2 aliphatic heterocycles. The molecule has 32 heavy (non-hydrogen) atoms. The Morgan fingerprint density at radius 2 is 1.91 bits per heavy atom. The normalized spacial score (nSPS) is 22.4. The molecule has 166 valence electrons. The molecule has 9 heteroatoms. The molecule has 1 N–H and O–H groups in total. The molecule has 2 aromatic rings. The Kier molecular flexibility index (Phi) is 5.25. The van der Waals surface area contributed by atoms with E-state index in [1.54, 1.807) is 30.5 Å². The number of carbonyl (C=O) groups excluding carboxylic acids is 3. The van der Waals surface area contributed by atoms with Crippen molar-refractivity contribution in [2.75, 3.05) is 6.54 Å². The largest absolute Gasteiger partial charge is 0.467 e. The van der Waals surface area contributed by atoms with Gasteiger partial charge in [0, 0.05) is 11.4 Å². The maximum absolute atomic E-state index is 13.3. The molecule has 1 saturated heterocycles. The van der Waals surface area contributed by atoms with Gasteiger partial charge in [0.1, 0.15) is 23.9 Å². The van der Waals surface area contributed by atoms with E-state index in [2.05, 4.69) is 10.4 Å². The molecule has 8 nitrogen and oxygen atoms in total. The van der Waals surface area contributed by atoms with E-state index >= 15 is 0 Å². The lowest BCUT2D eigenvalue weighted by atomic mass is 9.82. The van der Waals surface area contributed by atoms with Crippen LogP contribution in [0.15, 0.2) is 52.2 Å². The third-order valence-corrected chi connectivity index (χ3v) is 6.71. The van der Waals surface area contributed by atoms with Crippen LogP contribution in [0.25, 0.3) is 0 Å². The van der Waals surface area contributed by atoms with Crippen molar-refractivity contribution in [1.82, 2.24) is 15.2 Å². The third kappa shape index (κ3) is 3.58. The molecule has 4 amide bonds. The summed E-state index contributed by atoms with van der Waals surface area (Å²) < 4.78 is 5.56. The van der Waals surface area contributed by atoms with E-state index in [0.29, 0.717) is 35.8 Å². The zero-order valence-corrected chi connectivity index (χ0v) is 18.2. The number of nitrogens with zero attached hydrogens (tertiary/aromatic N) is 3. The summed E-state index contributed by atoms with van der Waals surface area (Å²) in [4.78, 5) is 40.0. The number of nitrogens with one attached hydrogen (secondary N) is 1. The summed E-state index contributed by atoms with van der Waals surface area (Å²) in [5, 5.41) is 9.33. The second-order valence-electron chi connectivity index (χ2n) is 8.49. The van der Waals surface area contributed by atoms with E-state index in [0.717, 1.165) is 29.7 Å². The minimum absolute atomic E-state index is 0.314. The van der Waals surface area contributed by atoms with E-state index in [9.17, 15) is 14.4 Å². The molecule has 1 aromatic carbocycles. The molecule has 0 bridgehead atoms. The van der Waals surface area contributed by atoms with Crippen molar-refractivity contribution in [1.29, 1.82) is 0 Å². The highest BCUT2D eigenvalue weighted by Gasteiger charge is 2.52. The van der Waals surface area contributed by atoms with Crippen LogP contribution >= 0.6 is 11.6 Å². The summed E-state index contributed by atoms with van der Waals surface area (Å²) in [6.07, 6.45) is 6.03. The lowest BCUT2D eigenvalue weighted by molar-refractivity contribution is -0.140. The number of furan rings is 1. The summed E-state index contributed by atoms with van der Waals surface area (Å²) in [6.45, 7) is -0.360. The average molecular weight is 455 g/mol. The van der Waals surface area contributed by atoms with Gasteiger partial charge in [-0.3, -0.25) is 14.5 Å². The first kappa shape index (κ1) is 20.8. The van der Waals surface area contributed by atoms with Crippen molar-refractivity contribution in [2.24, 2.45) is 5.10 Å². The van der Waals surface area contributed by atoms with E-state index < -0.39 is 23.5 Å². The predicted molar refractivity (Wildman–Crippen MR) is 117 cm³/mol. The van der Waals surface area contributed by atoms with Crippen LogP contribution in [0.1, 0.15) is 55.9 Å². The highest BCUT2D eigenvalue weighted by Crippen LogP contribution is 2.36. The molecular weight excluding hydrogens is 432 g/mol. The topological polar surface area (TPSA) is 95.2 Å². The highest BCUT2D eigenvalue weighted by atomic mass is 35.5. The SMILES string of the molecule is O=C1NC2(CCCCC2)C(=O)N1CC(=O)N1N=C(c2ccc(Cl)cc2)CC1c1ccco1. The molecule has 2 fully saturated rings. The van der Waals surface area contributed by atoms with Gasteiger partial charge in [0.25, 0.3) is 11.8 Å². The Labute approximate surface area is 190 Å². The lowest BCUT2D eigenvalue weighted by Crippen LogP contribution is -2.49. The van der Waals surface area contributed by atoms with Crippen LogP contribution in [0.4, 0.5) is 4.79 Å². The van der Waals surface area contributed by atoms with Crippen LogP contribution in [0, 0.1) is 0 Å². The van der Waals surface area contributed by atoms with Crippen molar-refractivity contribution in [3.8, 4) is 0 Å². The number of halogens is 1. The molecule has 1 unspecified atom stereocenters. The zero-order chi connectivity index (χ0) is 22.3. The van der Waals surface area contributed by atoms with Gasteiger partial charge in [-0.1, -0.05) is 43.0 Å². The summed E-state index contributed by atoms with van der Waals surface area (Å²) >= 11 is 6.00. The van der Waals surface area contributed by atoms with Gasteiger partial charge in [-0.05, 0) is 42.7 Å². The molecular formula is C23H23ClN4O4. The quantitative estimate of drug-likeness (QED) is 0.709. The van der Waals surface area contributed by atoms with Crippen molar-refractivity contribution < 1.29 is 18.8 Å². The zero-order valence-electron chi connectivity index (χ0n) is 17.4. The second-order valence-corrected chi connectivity index (χ2v) is 8.93. The van der Waals surface area contributed by atoms with Crippen molar-refractivity contribution in [3.05, 3.63) is 59.0 Å². The second kappa shape index (κ2) is 8.09. The third-order valence-electron chi connectivity index (χ3n) is 6.46. The average Bonchev–Trinajstić information content (AvgIpc) is 3.51. The maximum Gasteiger partial charge on any atom is 0.325 e. The molecule has 0 radical (unpaired) electrons. The molecule has 1 saturated carbocycles. The number of rotatable bonds is 4. The molecule has 3 aliphatic rings. The fraction of sp³-hybridized carbons (Fsp3) is 0.391. The number of hydrogen-bond acceptors (Lipinski definition) is 5. The number of hydrazone groups is 1. The number of benzene rings is 1. The van der Waals surface area contributed by atoms with Gasteiger partial charge < -0.3 is 9.73 Å². The predicted octanol–water partition coefficient (Wildman–Crippen LogP) is 3.87. The van der Waals surface area contributed by atoms with Gasteiger partial charge in [0.15, 0.2) is 0 Å². The minimum Gasteiger partial charge on any atom is -0.467 e. The summed E-state index contributed by atoms with van der Waals surface area (Å²) in [6, 6.07) is 9.80. The van der Waals surface area contributed by atoms with Crippen LogP contribution in [0.3, 0.4) is 0 Å². The van der Waals surface area contributed by atoms with Gasteiger partial charge in [-0.2, -0.15) is 5.10 Å². The van der Waals surface area contributed by atoms with E-state index in [1.165, 1.54) is 5.01 Å². The number of hydrogen-bond donors (Lipinski definition) is 1. The first-order valence-electron chi connectivity index (χ1n) is 10.8. The van der Waals surface area contributed by atoms with Crippen LogP contribution < -0.4 is 5.32 Å². The standard InChI is InChI=1S/C23H23ClN4O4/c24-16-8-6-15(7-9-16)17-13-18(19-5-4-12-32-19)28(26-17)20(29)14-27-21(30)23(25-22(27)31)10-2-1-3-11-23/h4-9,12,18H,1-3,10-11,13-14H2,(H,25,31). The Morgan fingerprint density at radius 1 is 1.16 bits per heavy atom. The smallest absolute Gasteiger partial charge is 0.325 e. The number of imide groups is 1. The van der Waals surface area contributed by atoms with Crippen LogP contribution in [0.2, 0.25) is 5.02 Å². The van der Waals surface area contributed by atoms with E-state index in [4.69, 9.17) is 16.0 Å². The monoisotopic (exact) mass is 454 g/mol. The summed E-state index contributed by atoms with van der Waals surface area (Å²) in [5.74, 6) is -0.162. The minimum atomic E-state index is -0.862. The fourth-order valence-electron chi connectivity index (χ4n) is 4.78. The lowest BCUT2D eigenvalue weighted by Gasteiger charge is -2.30. The van der Waals surface area contributed by atoms with Crippen molar-refractivity contribution in [3.63, 3.8) is 0 Å². The molecule has 1 spiro atoms. The highest BCUT2D eigenvalue weighted by molar-refractivity contribution is 6.30. The Bertz CT molecular complexity index is 1070. The number of amides is 4. The first-order chi connectivity index (χ1) is 15.5. The van der Waals surface area contributed by atoms with Crippen molar-refractivity contribution in [2.45, 2.75) is 50.1 Å². The molecule has 5 rings (SSSR count). The molecule has 1 aliphatic carbocycles. The van der Waals surface area contributed by atoms with Gasteiger partial charge in [-0.25, -0.2) is 9.80 Å². The fourth-order valence-corrected chi connectivity index (χ4v) is 4.91. The Hall–Kier alpha value is -3.13. The Balaban J connectivity index is 1.39. The van der Waals surface area contributed by atoms with E-state index in [-0.39, 0.29) is 12.5 Å². The van der Waals surface area contributed by atoms with Gasteiger partial charge in [-0.15, -0.1) is 0 Å². The molecule has 1 aromatic heterocycles. The first-order valence-corrected chi connectivity index (χ1v) is 11.2. The van der Waals surface area contributed by atoms with E-state index in [1.807, 2.05) is 12.1 Å².